The molecule has 1 heterocycles. The summed E-state index contributed by atoms with van der Waals surface area (Å²) in [6, 6.07) is 11.5. The van der Waals surface area contributed by atoms with E-state index in [0.717, 1.165) is 12.8 Å². The summed E-state index contributed by atoms with van der Waals surface area (Å²) in [6.07, 6.45) is 2.32. The third-order valence-corrected chi connectivity index (χ3v) is 3.63. The molecule has 1 aliphatic rings. The average molecular weight is 215 g/mol. The number of benzene rings is 1. The Balaban J connectivity index is 1.74. The van der Waals surface area contributed by atoms with E-state index in [1.54, 1.807) is 11.3 Å². The zero-order valence-corrected chi connectivity index (χ0v) is 9.26. The van der Waals surface area contributed by atoms with Crippen LogP contribution in [0, 0.1) is 0 Å². The van der Waals surface area contributed by atoms with Gasteiger partial charge in [-0.25, -0.2) is 0 Å². The molecule has 0 atom stereocenters. The van der Waals surface area contributed by atoms with Crippen LogP contribution >= 0.6 is 11.3 Å². The molecule has 3 rings (SSSR count). The van der Waals surface area contributed by atoms with E-state index in [0.29, 0.717) is 6.04 Å². The molecule has 0 aliphatic heterocycles. The smallest absolute Gasteiger partial charge is 0.0451 e. The van der Waals surface area contributed by atoms with Gasteiger partial charge in [-0.05, 0) is 35.4 Å². The van der Waals surface area contributed by atoms with E-state index in [4.69, 9.17) is 0 Å². The lowest BCUT2D eigenvalue weighted by molar-refractivity contribution is 0.775. The van der Waals surface area contributed by atoms with Crippen LogP contribution in [-0.2, 0) is 12.8 Å². The molecule has 0 spiro atoms. The lowest BCUT2D eigenvalue weighted by atomic mass is 10.1. The average Bonchev–Trinajstić information content (AvgIpc) is 2.86. The molecule has 0 unspecified atom stereocenters. The molecule has 0 amide bonds. The van der Waals surface area contributed by atoms with Crippen molar-refractivity contribution in [2.24, 2.45) is 0 Å². The van der Waals surface area contributed by atoms with Gasteiger partial charge >= 0.3 is 0 Å². The first kappa shape index (κ1) is 8.98. The van der Waals surface area contributed by atoms with Gasteiger partial charge in [0.05, 0.1) is 0 Å². The van der Waals surface area contributed by atoms with E-state index in [-0.39, 0.29) is 0 Å². The zero-order valence-electron chi connectivity index (χ0n) is 8.44. The van der Waals surface area contributed by atoms with Gasteiger partial charge in [0.15, 0.2) is 0 Å². The molecule has 1 aromatic heterocycles. The lowest BCUT2D eigenvalue weighted by Gasteiger charge is -2.11. The van der Waals surface area contributed by atoms with Crippen LogP contribution in [0.2, 0.25) is 0 Å². The molecular formula is C13H13NS. The van der Waals surface area contributed by atoms with Crippen LogP contribution in [0.4, 0.5) is 5.69 Å². The fourth-order valence-corrected chi connectivity index (χ4v) is 2.84. The molecule has 1 aliphatic carbocycles. The van der Waals surface area contributed by atoms with Gasteiger partial charge in [0.25, 0.3) is 0 Å². The fraction of sp³-hybridized carbons (Fsp3) is 0.231. The van der Waals surface area contributed by atoms with Gasteiger partial charge in [0, 0.05) is 17.1 Å². The standard InChI is InChI=1S/C13H13NS/c1-2-4-11-8-13(7-10(11)3-1)14-12-5-6-15-9-12/h1-6,9,13-14H,7-8H2. The first-order valence-electron chi connectivity index (χ1n) is 5.27. The van der Waals surface area contributed by atoms with Crippen LogP contribution < -0.4 is 5.32 Å². The molecule has 0 radical (unpaired) electrons. The number of nitrogens with one attached hydrogen (secondary N) is 1. The van der Waals surface area contributed by atoms with Crippen LogP contribution in [0.15, 0.2) is 41.1 Å². The Bertz CT molecular complexity index is 420. The number of thiophene rings is 1. The van der Waals surface area contributed by atoms with Gasteiger partial charge in [-0.2, -0.15) is 11.3 Å². The van der Waals surface area contributed by atoms with Gasteiger partial charge in [0.1, 0.15) is 0 Å². The Morgan fingerprint density at radius 2 is 1.80 bits per heavy atom. The highest BCUT2D eigenvalue weighted by Gasteiger charge is 2.20. The fourth-order valence-electron chi connectivity index (χ4n) is 2.24. The minimum atomic E-state index is 0.581. The van der Waals surface area contributed by atoms with Gasteiger partial charge in [-0.3, -0.25) is 0 Å². The lowest BCUT2D eigenvalue weighted by Crippen LogP contribution is -2.18. The summed E-state index contributed by atoms with van der Waals surface area (Å²) in [4.78, 5) is 0. The minimum Gasteiger partial charge on any atom is -0.381 e. The van der Waals surface area contributed by atoms with Gasteiger partial charge < -0.3 is 5.32 Å². The number of fused-ring (bicyclic) bond motifs is 1. The summed E-state index contributed by atoms with van der Waals surface area (Å²) in [5.41, 5.74) is 4.27. The Labute approximate surface area is 93.8 Å². The summed E-state index contributed by atoms with van der Waals surface area (Å²) in [6.45, 7) is 0. The van der Waals surface area contributed by atoms with Crippen molar-refractivity contribution in [2.75, 3.05) is 5.32 Å². The SMILES string of the molecule is c1ccc2c(c1)CC(Nc1ccsc1)C2. The maximum atomic E-state index is 3.58. The van der Waals surface area contributed by atoms with Crippen molar-refractivity contribution in [2.45, 2.75) is 18.9 Å². The third kappa shape index (κ3) is 1.77. The molecule has 1 nitrogen and oxygen atoms in total. The van der Waals surface area contributed by atoms with Crippen molar-refractivity contribution in [1.29, 1.82) is 0 Å². The molecule has 0 saturated heterocycles. The molecule has 0 fully saturated rings. The maximum Gasteiger partial charge on any atom is 0.0451 e. The molecule has 0 saturated carbocycles. The van der Waals surface area contributed by atoms with Crippen molar-refractivity contribution >= 4 is 17.0 Å². The van der Waals surface area contributed by atoms with Crippen LogP contribution in [0.3, 0.4) is 0 Å². The molecule has 15 heavy (non-hydrogen) atoms. The van der Waals surface area contributed by atoms with Gasteiger partial charge in [-0.15, -0.1) is 0 Å². The predicted molar refractivity (Wildman–Crippen MR) is 65.6 cm³/mol. The highest BCUT2D eigenvalue weighted by Crippen LogP contribution is 2.25. The summed E-state index contributed by atoms with van der Waals surface area (Å²) < 4.78 is 0. The summed E-state index contributed by atoms with van der Waals surface area (Å²) >= 11 is 1.74. The molecule has 2 heteroatoms. The second kappa shape index (κ2) is 3.70. The van der Waals surface area contributed by atoms with E-state index in [2.05, 4.69) is 46.4 Å². The molecular weight excluding hydrogens is 202 g/mol. The number of rotatable bonds is 2. The Morgan fingerprint density at radius 1 is 1.07 bits per heavy atom. The van der Waals surface area contributed by atoms with Crippen molar-refractivity contribution in [3.05, 3.63) is 52.2 Å². The van der Waals surface area contributed by atoms with Crippen LogP contribution in [0.5, 0.6) is 0 Å². The minimum absolute atomic E-state index is 0.581. The first-order valence-corrected chi connectivity index (χ1v) is 6.21. The number of hydrogen-bond acceptors (Lipinski definition) is 2. The first-order chi connectivity index (χ1) is 7.42. The van der Waals surface area contributed by atoms with E-state index < -0.39 is 0 Å². The summed E-state index contributed by atoms with van der Waals surface area (Å²) in [5, 5.41) is 7.86. The highest BCUT2D eigenvalue weighted by molar-refractivity contribution is 7.08. The second-order valence-electron chi connectivity index (χ2n) is 4.03. The predicted octanol–water partition coefficient (Wildman–Crippen LogP) is 3.33. The second-order valence-corrected chi connectivity index (χ2v) is 4.81. The van der Waals surface area contributed by atoms with E-state index in [1.807, 2.05) is 0 Å². The quantitative estimate of drug-likeness (QED) is 0.810. The largest absolute Gasteiger partial charge is 0.381 e. The zero-order chi connectivity index (χ0) is 10.1. The van der Waals surface area contributed by atoms with E-state index in [1.165, 1.54) is 16.8 Å². The molecule has 1 N–H and O–H groups in total. The topological polar surface area (TPSA) is 12.0 Å². The third-order valence-electron chi connectivity index (χ3n) is 2.94. The van der Waals surface area contributed by atoms with Crippen molar-refractivity contribution in [3.8, 4) is 0 Å². The number of hydrogen-bond donors (Lipinski definition) is 1. The summed E-state index contributed by atoms with van der Waals surface area (Å²) in [5.74, 6) is 0. The Morgan fingerprint density at radius 3 is 2.40 bits per heavy atom. The number of anilines is 1. The molecule has 0 bridgehead atoms. The monoisotopic (exact) mass is 215 g/mol. The highest BCUT2D eigenvalue weighted by atomic mass is 32.1. The van der Waals surface area contributed by atoms with Crippen LogP contribution in [0.25, 0.3) is 0 Å². The van der Waals surface area contributed by atoms with Gasteiger partial charge in [0.2, 0.25) is 0 Å². The van der Waals surface area contributed by atoms with Crippen molar-refractivity contribution < 1.29 is 0 Å². The van der Waals surface area contributed by atoms with Gasteiger partial charge in [-0.1, -0.05) is 24.3 Å². The van der Waals surface area contributed by atoms with Crippen molar-refractivity contribution in [1.82, 2.24) is 0 Å². The molecule has 76 valence electrons. The maximum absolute atomic E-state index is 3.58. The summed E-state index contributed by atoms with van der Waals surface area (Å²) in [7, 11) is 0. The molecule has 2 aromatic rings. The Kier molecular flexibility index (Phi) is 2.22. The van der Waals surface area contributed by atoms with Crippen molar-refractivity contribution in [3.63, 3.8) is 0 Å². The van der Waals surface area contributed by atoms with Crippen LogP contribution in [0.1, 0.15) is 11.1 Å². The van der Waals surface area contributed by atoms with E-state index >= 15 is 0 Å². The van der Waals surface area contributed by atoms with Crippen LogP contribution in [-0.4, -0.2) is 6.04 Å². The molecule has 1 aromatic carbocycles. The Hall–Kier alpha value is -1.28. The van der Waals surface area contributed by atoms with E-state index in [9.17, 15) is 0 Å². The normalized spacial score (nSPS) is 15.2.